The molecule has 0 aliphatic rings. The third-order valence-electron chi connectivity index (χ3n) is 1.62. The number of thiol groups is 1. The number of nitrogens with one attached hydrogen (secondary N) is 2. The van der Waals surface area contributed by atoms with Gasteiger partial charge in [-0.1, -0.05) is 0 Å². The molecule has 1 rings (SSSR count). The Kier molecular flexibility index (Phi) is 3.94. The van der Waals surface area contributed by atoms with Gasteiger partial charge in [-0.15, -0.1) is 0 Å². The van der Waals surface area contributed by atoms with E-state index >= 15 is 0 Å². The van der Waals surface area contributed by atoms with E-state index in [4.69, 9.17) is 0 Å². The van der Waals surface area contributed by atoms with Crippen molar-refractivity contribution in [1.82, 2.24) is 0 Å². The second-order valence-electron chi connectivity index (χ2n) is 2.90. The standard InChI is InChI=1S/C8H7F3N2O3S/c9-8(10,11)7(14)12-5-1-3-6(4-2-5)13-17(15)16/h1-4,17H,(H,12,14)(H,13,15,16). The van der Waals surface area contributed by atoms with E-state index in [1.54, 1.807) is 5.32 Å². The summed E-state index contributed by atoms with van der Waals surface area (Å²) >= 11 is 0. The quantitative estimate of drug-likeness (QED) is 0.719. The molecule has 0 saturated carbocycles. The molecular formula is C8H7F3N2O3S. The van der Waals surface area contributed by atoms with E-state index in [0.29, 0.717) is 0 Å². The van der Waals surface area contributed by atoms with Crippen molar-refractivity contribution in [2.24, 2.45) is 0 Å². The minimum atomic E-state index is -4.96. The fourth-order valence-electron chi connectivity index (χ4n) is 0.935. The normalized spacial score (nSPS) is 11.3. The number of carbonyl (C=O) groups is 1. The van der Waals surface area contributed by atoms with Gasteiger partial charge in [-0.05, 0) is 24.3 Å². The van der Waals surface area contributed by atoms with Crippen LogP contribution in [0.15, 0.2) is 24.3 Å². The summed E-state index contributed by atoms with van der Waals surface area (Å²) < 4.78 is 58.2. The van der Waals surface area contributed by atoms with Crippen LogP contribution in [0.5, 0.6) is 0 Å². The highest BCUT2D eigenvalue weighted by atomic mass is 32.2. The van der Waals surface area contributed by atoms with Crippen LogP contribution >= 0.6 is 0 Å². The van der Waals surface area contributed by atoms with Gasteiger partial charge in [0.2, 0.25) is 10.9 Å². The van der Waals surface area contributed by atoms with Crippen molar-refractivity contribution in [2.45, 2.75) is 6.18 Å². The molecule has 0 bridgehead atoms. The molecule has 1 aromatic carbocycles. The first-order chi connectivity index (χ1) is 7.79. The number of alkyl halides is 3. The topological polar surface area (TPSA) is 75.3 Å². The summed E-state index contributed by atoms with van der Waals surface area (Å²) in [7, 11) is -2.84. The molecule has 0 aliphatic heterocycles. The van der Waals surface area contributed by atoms with Gasteiger partial charge >= 0.3 is 12.1 Å². The zero-order valence-electron chi connectivity index (χ0n) is 8.12. The number of hydrogen-bond donors (Lipinski definition) is 3. The maximum Gasteiger partial charge on any atom is 0.471 e. The Hall–Kier alpha value is -1.77. The summed E-state index contributed by atoms with van der Waals surface area (Å²) in [6.07, 6.45) is -4.96. The van der Waals surface area contributed by atoms with Crippen molar-refractivity contribution in [2.75, 3.05) is 10.0 Å². The van der Waals surface area contributed by atoms with Crippen molar-refractivity contribution >= 4 is 28.2 Å². The Morgan fingerprint density at radius 2 is 1.53 bits per heavy atom. The van der Waals surface area contributed by atoms with Crippen LogP contribution < -0.4 is 10.0 Å². The van der Waals surface area contributed by atoms with Crippen molar-refractivity contribution in [3.8, 4) is 0 Å². The molecule has 0 aliphatic carbocycles. The third-order valence-corrected chi connectivity index (χ3v) is 2.06. The summed E-state index contributed by atoms with van der Waals surface area (Å²) in [6.45, 7) is 0. The van der Waals surface area contributed by atoms with Gasteiger partial charge in [0, 0.05) is 11.4 Å². The molecule has 0 saturated heterocycles. The molecule has 0 spiro atoms. The Morgan fingerprint density at radius 3 is 1.94 bits per heavy atom. The van der Waals surface area contributed by atoms with Crippen molar-refractivity contribution in [3.63, 3.8) is 0 Å². The molecule has 0 heterocycles. The van der Waals surface area contributed by atoms with E-state index in [1.165, 1.54) is 12.1 Å². The lowest BCUT2D eigenvalue weighted by molar-refractivity contribution is -0.167. The largest absolute Gasteiger partial charge is 0.471 e. The van der Waals surface area contributed by atoms with E-state index in [9.17, 15) is 26.4 Å². The molecule has 0 unspecified atom stereocenters. The fraction of sp³-hybridized carbons (Fsp3) is 0.125. The summed E-state index contributed by atoms with van der Waals surface area (Å²) in [5, 5.41) is 1.62. The maximum absolute atomic E-state index is 11.9. The molecule has 0 aromatic heterocycles. The second-order valence-corrected chi connectivity index (χ2v) is 3.64. The van der Waals surface area contributed by atoms with E-state index in [0.717, 1.165) is 12.1 Å². The smallest absolute Gasteiger partial charge is 0.318 e. The molecule has 17 heavy (non-hydrogen) atoms. The van der Waals surface area contributed by atoms with E-state index < -0.39 is 23.0 Å². The average Bonchev–Trinajstić information content (AvgIpc) is 2.18. The molecule has 2 N–H and O–H groups in total. The zero-order valence-corrected chi connectivity index (χ0v) is 9.01. The molecule has 0 fully saturated rings. The highest BCUT2D eigenvalue weighted by Gasteiger charge is 2.38. The molecule has 0 atom stereocenters. The van der Waals surface area contributed by atoms with Crippen LogP contribution in [0, 0.1) is 0 Å². The van der Waals surface area contributed by atoms with Crippen LogP contribution in [0.4, 0.5) is 24.5 Å². The first-order valence-corrected chi connectivity index (χ1v) is 5.36. The Balaban J connectivity index is 2.72. The highest BCUT2D eigenvalue weighted by molar-refractivity contribution is 7.73. The predicted octanol–water partition coefficient (Wildman–Crippen LogP) is 1.13. The lowest BCUT2D eigenvalue weighted by Gasteiger charge is -2.08. The van der Waals surface area contributed by atoms with Crippen LogP contribution in [-0.4, -0.2) is 20.5 Å². The monoisotopic (exact) mass is 268 g/mol. The van der Waals surface area contributed by atoms with Crippen molar-refractivity contribution in [1.29, 1.82) is 0 Å². The molecule has 0 radical (unpaired) electrons. The van der Waals surface area contributed by atoms with Gasteiger partial charge in [0.1, 0.15) is 0 Å². The predicted molar refractivity (Wildman–Crippen MR) is 55.1 cm³/mol. The first-order valence-electron chi connectivity index (χ1n) is 4.18. The lowest BCUT2D eigenvalue weighted by Crippen LogP contribution is -2.29. The number of anilines is 2. The van der Waals surface area contributed by atoms with Crippen molar-refractivity contribution in [3.05, 3.63) is 24.3 Å². The van der Waals surface area contributed by atoms with Gasteiger partial charge in [0.25, 0.3) is 0 Å². The average molecular weight is 268 g/mol. The Labute approximate surface area is 95.7 Å². The SMILES string of the molecule is O=C(Nc1ccc(N[SH](=O)=O)cc1)C(F)(F)F. The zero-order chi connectivity index (χ0) is 13.1. The van der Waals surface area contributed by atoms with Gasteiger partial charge in [-0.25, -0.2) is 8.42 Å². The summed E-state index contributed by atoms with van der Waals surface area (Å²) in [6, 6.07) is 4.73. The molecule has 5 nitrogen and oxygen atoms in total. The van der Waals surface area contributed by atoms with Crippen LogP contribution in [0.1, 0.15) is 0 Å². The number of halogens is 3. The summed E-state index contributed by atoms with van der Waals surface area (Å²) in [5.74, 6) is -2.09. The number of rotatable bonds is 3. The van der Waals surface area contributed by atoms with E-state index in [1.807, 2.05) is 4.72 Å². The molecule has 1 aromatic rings. The van der Waals surface area contributed by atoms with Crippen LogP contribution in [0.2, 0.25) is 0 Å². The molecular weight excluding hydrogens is 261 g/mol. The summed E-state index contributed by atoms with van der Waals surface area (Å²) in [5.41, 5.74) is 0.102. The van der Waals surface area contributed by atoms with Gasteiger partial charge in [-0.3, -0.25) is 9.52 Å². The number of amides is 1. The fourth-order valence-corrected chi connectivity index (χ4v) is 1.30. The van der Waals surface area contributed by atoms with Gasteiger partial charge in [-0.2, -0.15) is 13.2 Å². The van der Waals surface area contributed by atoms with E-state index in [-0.39, 0.29) is 11.4 Å². The maximum atomic E-state index is 11.9. The van der Waals surface area contributed by atoms with Crippen LogP contribution in [0.25, 0.3) is 0 Å². The number of hydrogen-bond acceptors (Lipinski definition) is 3. The molecule has 94 valence electrons. The Morgan fingerprint density at radius 1 is 1.06 bits per heavy atom. The number of benzene rings is 1. The van der Waals surface area contributed by atoms with Crippen LogP contribution in [-0.2, 0) is 15.7 Å². The third kappa shape index (κ3) is 4.31. The molecule has 9 heteroatoms. The minimum Gasteiger partial charge on any atom is -0.318 e. The molecule has 1 amide bonds. The minimum absolute atomic E-state index is 0.0843. The Bertz CT molecular complexity index is 474. The van der Waals surface area contributed by atoms with E-state index in [2.05, 4.69) is 0 Å². The lowest BCUT2D eigenvalue weighted by atomic mass is 10.3. The number of carbonyl (C=O) groups excluding carboxylic acids is 1. The first kappa shape index (κ1) is 13.3. The second kappa shape index (κ2) is 5.04. The van der Waals surface area contributed by atoms with Gasteiger partial charge in [0.15, 0.2) is 0 Å². The van der Waals surface area contributed by atoms with Gasteiger partial charge in [0.05, 0.1) is 0 Å². The highest BCUT2D eigenvalue weighted by Crippen LogP contribution is 2.19. The van der Waals surface area contributed by atoms with Crippen LogP contribution in [0.3, 0.4) is 0 Å². The van der Waals surface area contributed by atoms with Gasteiger partial charge < -0.3 is 5.32 Å². The summed E-state index contributed by atoms with van der Waals surface area (Å²) in [4.78, 5) is 10.5. The van der Waals surface area contributed by atoms with Crippen molar-refractivity contribution < 1.29 is 26.4 Å².